The van der Waals surface area contributed by atoms with E-state index in [1.54, 1.807) is 36.4 Å². The van der Waals surface area contributed by atoms with Crippen molar-refractivity contribution in [2.75, 3.05) is 10.6 Å². The van der Waals surface area contributed by atoms with Crippen LogP contribution in [0.1, 0.15) is 31.1 Å². The summed E-state index contributed by atoms with van der Waals surface area (Å²) in [7, 11) is 0. The number of hydrogen-bond donors (Lipinski definition) is 2. The lowest BCUT2D eigenvalue weighted by atomic mass is 10.1. The van der Waals surface area contributed by atoms with Crippen LogP contribution in [0.5, 0.6) is 0 Å². The van der Waals surface area contributed by atoms with Crippen LogP contribution in [-0.4, -0.2) is 11.8 Å². The molecule has 0 unspecified atom stereocenters. The van der Waals surface area contributed by atoms with E-state index >= 15 is 0 Å². The van der Waals surface area contributed by atoms with Gasteiger partial charge in [-0.15, -0.1) is 0 Å². The maximum absolute atomic E-state index is 12.2. The molecule has 0 bridgehead atoms. The van der Waals surface area contributed by atoms with Crippen LogP contribution in [0.25, 0.3) is 17.4 Å². The van der Waals surface area contributed by atoms with Crippen molar-refractivity contribution < 1.29 is 14.0 Å². The topological polar surface area (TPSA) is 71.3 Å². The van der Waals surface area contributed by atoms with Crippen molar-refractivity contribution in [2.45, 2.75) is 26.7 Å². The van der Waals surface area contributed by atoms with Crippen LogP contribution in [0.15, 0.2) is 65.1 Å². The zero-order chi connectivity index (χ0) is 21.5. The number of halogens is 1. The lowest BCUT2D eigenvalue weighted by Crippen LogP contribution is -2.11. The van der Waals surface area contributed by atoms with Gasteiger partial charge in [0.25, 0.3) is 0 Å². The Balaban J connectivity index is 1.62. The number of hydrogen-bond acceptors (Lipinski definition) is 3. The number of aryl methyl sites for hydroxylation is 1. The summed E-state index contributed by atoms with van der Waals surface area (Å²) in [6.45, 7) is 3.89. The maximum atomic E-state index is 12.2. The molecular formula is C24H23ClN2O3. The molecule has 0 spiro atoms. The zero-order valence-electron chi connectivity index (χ0n) is 16.9. The van der Waals surface area contributed by atoms with Gasteiger partial charge in [0, 0.05) is 34.5 Å². The van der Waals surface area contributed by atoms with Crippen LogP contribution in [0.3, 0.4) is 0 Å². The van der Waals surface area contributed by atoms with E-state index in [2.05, 4.69) is 10.6 Å². The van der Waals surface area contributed by atoms with Crippen LogP contribution >= 0.6 is 11.6 Å². The molecule has 2 amide bonds. The molecule has 1 heterocycles. The van der Waals surface area contributed by atoms with Crippen molar-refractivity contribution in [3.8, 4) is 11.3 Å². The highest BCUT2D eigenvalue weighted by Gasteiger charge is 2.06. The molecule has 0 saturated carbocycles. The molecule has 0 aliphatic carbocycles. The number of nitrogens with one attached hydrogen (secondary N) is 2. The average molecular weight is 423 g/mol. The fourth-order valence-electron chi connectivity index (χ4n) is 2.81. The number of anilines is 2. The predicted octanol–water partition coefficient (Wildman–Crippen LogP) is 6.30. The fourth-order valence-corrected chi connectivity index (χ4v) is 2.99. The van der Waals surface area contributed by atoms with Crippen molar-refractivity contribution in [1.82, 2.24) is 0 Å². The first kappa shape index (κ1) is 21.4. The number of furan rings is 1. The van der Waals surface area contributed by atoms with Gasteiger partial charge in [-0.2, -0.15) is 0 Å². The number of carbonyl (C=O) groups excluding carboxylic acids is 2. The highest BCUT2D eigenvalue weighted by atomic mass is 35.5. The largest absolute Gasteiger partial charge is 0.457 e. The normalized spacial score (nSPS) is 10.9. The molecule has 6 heteroatoms. The van der Waals surface area contributed by atoms with Gasteiger partial charge in [-0.25, -0.2) is 0 Å². The molecule has 0 saturated heterocycles. The molecule has 0 aliphatic rings. The maximum Gasteiger partial charge on any atom is 0.248 e. The van der Waals surface area contributed by atoms with Crippen molar-refractivity contribution in [1.29, 1.82) is 0 Å². The van der Waals surface area contributed by atoms with Crippen LogP contribution in [-0.2, 0) is 9.59 Å². The van der Waals surface area contributed by atoms with E-state index in [-0.39, 0.29) is 11.8 Å². The van der Waals surface area contributed by atoms with Crippen LogP contribution in [0.2, 0.25) is 5.02 Å². The Morgan fingerprint density at radius 3 is 2.53 bits per heavy atom. The summed E-state index contributed by atoms with van der Waals surface area (Å²) in [4.78, 5) is 24.0. The van der Waals surface area contributed by atoms with E-state index in [1.807, 2.05) is 38.1 Å². The predicted molar refractivity (Wildman–Crippen MR) is 122 cm³/mol. The van der Waals surface area contributed by atoms with Crippen molar-refractivity contribution >= 4 is 40.9 Å². The summed E-state index contributed by atoms with van der Waals surface area (Å²) in [6, 6.07) is 16.4. The molecule has 0 radical (unpaired) electrons. The number of benzene rings is 2. The highest BCUT2D eigenvalue weighted by molar-refractivity contribution is 6.31. The van der Waals surface area contributed by atoms with Gasteiger partial charge in [0.05, 0.1) is 0 Å². The third-order valence-electron chi connectivity index (χ3n) is 4.37. The number of rotatable bonds is 7. The average Bonchev–Trinajstić information content (AvgIpc) is 3.18. The Kier molecular flexibility index (Phi) is 7.09. The Hall–Kier alpha value is -3.31. The lowest BCUT2D eigenvalue weighted by Gasteiger charge is -2.07. The first-order chi connectivity index (χ1) is 14.4. The lowest BCUT2D eigenvalue weighted by molar-refractivity contribution is -0.116. The second-order valence-corrected chi connectivity index (χ2v) is 7.27. The summed E-state index contributed by atoms with van der Waals surface area (Å²) in [5.41, 5.74) is 3.10. The minimum atomic E-state index is -0.302. The van der Waals surface area contributed by atoms with Crippen molar-refractivity contribution in [3.63, 3.8) is 0 Å². The minimum absolute atomic E-state index is 0.0515. The third-order valence-corrected chi connectivity index (χ3v) is 4.78. The van der Waals surface area contributed by atoms with Gasteiger partial charge in [-0.05, 0) is 61.4 Å². The van der Waals surface area contributed by atoms with Gasteiger partial charge in [0.15, 0.2) is 0 Å². The van der Waals surface area contributed by atoms with Gasteiger partial charge >= 0.3 is 0 Å². The third kappa shape index (κ3) is 5.84. The summed E-state index contributed by atoms with van der Waals surface area (Å²) in [5, 5.41) is 6.26. The second kappa shape index (κ2) is 9.94. The van der Waals surface area contributed by atoms with Crippen molar-refractivity contribution in [2.24, 2.45) is 0 Å². The van der Waals surface area contributed by atoms with E-state index in [0.29, 0.717) is 34.3 Å². The Labute approximate surface area is 180 Å². The molecule has 30 heavy (non-hydrogen) atoms. The Morgan fingerprint density at radius 2 is 1.80 bits per heavy atom. The highest BCUT2D eigenvalue weighted by Crippen LogP contribution is 2.27. The van der Waals surface area contributed by atoms with Gasteiger partial charge in [-0.1, -0.05) is 36.7 Å². The monoisotopic (exact) mass is 422 g/mol. The number of amides is 2. The Morgan fingerprint density at radius 1 is 1.03 bits per heavy atom. The first-order valence-electron chi connectivity index (χ1n) is 9.70. The molecular weight excluding hydrogens is 400 g/mol. The molecule has 1 aromatic heterocycles. The molecule has 2 aromatic carbocycles. The standard InChI is InChI=1S/C24H23ClN2O3/c1-3-5-23(28)26-18-6-4-7-19(15-18)27-24(29)13-11-20-10-12-22(30-20)17-9-8-16(2)21(25)14-17/h4,6-15H,3,5H2,1-2H3,(H,26,28)(H,27,29)/b13-11+. The van der Waals surface area contributed by atoms with E-state index in [4.69, 9.17) is 16.0 Å². The molecule has 5 nitrogen and oxygen atoms in total. The second-order valence-electron chi connectivity index (χ2n) is 6.87. The SMILES string of the molecule is CCCC(=O)Nc1cccc(NC(=O)/C=C/c2ccc(-c3ccc(C)c(Cl)c3)o2)c1. The van der Waals surface area contributed by atoms with Gasteiger partial charge in [-0.3, -0.25) is 9.59 Å². The fraction of sp³-hybridized carbons (Fsp3) is 0.167. The van der Waals surface area contributed by atoms with Gasteiger partial charge < -0.3 is 15.1 Å². The molecule has 3 aromatic rings. The van der Waals surface area contributed by atoms with Crippen molar-refractivity contribution in [3.05, 3.63) is 77.0 Å². The van der Waals surface area contributed by atoms with E-state index < -0.39 is 0 Å². The molecule has 3 rings (SSSR count). The smallest absolute Gasteiger partial charge is 0.248 e. The first-order valence-corrected chi connectivity index (χ1v) is 10.1. The molecule has 154 valence electrons. The van der Waals surface area contributed by atoms with Crippen LogP contribution in [0, 0.1) is 6.92 Å². The summed E-state index contributed by atoms with van der Waals surface area (Å²) >= 11 is 6.17. The summed E-state index contributed by atoms with van der Waals surface area (Å²) in [5.74, 6) is 0.873. The molecule has 0 atom stereocenters. The van der Waals surface area contributed by atoms with E-state index in [0.717, 1.165) is 17.5 Å². The van der Waals surface area contributed by atoms with E-state index in [1.165, 1.54) is 6.08 Å². The van der Waals surface area contributed by atoms with Gasteiger partial charge in [0.2, 0.25) is 11.8 Å². The van der Waals surface area contributed by atoms with Crippen LogP contribution in [0.4, 0.5) is 11.4 Å². The summed E-state index contributed by atoms with van der Waals surface area (Å²) < 4.78 is 5.78. The summed E-state index contributed by atoms with van der Waals surface area (Å²) in [6.07, 6.45) is 4.23. The molecule has 2 N–H and O–H groups in total. The zero-order valence-corrected chi connectivity index (χ0v) is 17.6. The van der Waals surface area contributed by atoms with E-state index in [9.17, 15) is 9.59 Å². The van der Waals surface area contributed by atoms with Crippen LogP contribution < -0.4 is 10.6 Å². The Bertz CT molecular complexity index is 1090. The molecule has 0 fully saturated rings. The number of carbonyl (C=O) groups is 2. The van der Waals surface area contributed by atoms with Gasteiger partial charge in [0.1, 0.15) is 11.5 Å². The quantitative estimate of drug-likeness (QED) is 0.439. The molecule has 0 aliphatic heterocycles. The minimum Gasteiger partial charge on any atom is -0.457 e.